The minimum Gasteiger partial charge on any atom is -0.338 e. The monoisotopic (exact) mass is 396 g/mol. The van der Waals surface area contributed by atoms with Gasteiger partial charge >= 0.3 is 0 Å². The first kappa shape index (κ1) is 19.0. The highest BCUT2D eigenvalue weighted by Gasteiger charge is 2.25. The summed E-state index contributed by atoms with van der Waals surface area (Å²) >= 11 is 0. The summed E-state index contributed by atoms with van der Waals surface area (Å²) in [6.07, 6.45) is 4.53. The summed E-state index contributed by atoms with van der Waals surface area (Å²) in [4.78, 5) is 43.4. The average Bonchev–Trinajstić information content (AvgIpc) is 2.72. The molecule has 0 bridgehead atoms. The first-order chi connectivity index (χ1) is 13.9. The fraction of sp³-hybridized carbons (Fsp3) is 0.333. The lowest BCUT2D eigenvalue weighted by atomic mass is 9.96. The first-order valence-corrected chi connectivity index (χ1v) is 9.53. The van der Waals surface area contributed by atoms with Crippen molar-refractivity contribution in [1.82, 2.24) is 19.0 Å². The zero-order valence-electron chi connectivity index (χ0n) is 16.0. The molecule has 0 N–H and O–H groups in total. The van der Waals surface area contributed by atoms with Crippen LogP contribution < -0.4 is 11.1 Å². The number of pyridine rings is 1. The van der Waals surface area contributed by atoms with Gasteiger partial charge in [0, 0.05) is 38.9 Å². The van der Waals surface area contributed by atoms with E-state index < -0.39 is 5.82 Å². The molecule has 3 heterocycles. The number of hydrogen-bond acceptors (Lipinski definition) is 4. The molecule has 1 fully saturated rings. The van der Waals surface area contributed by atoms with E-state index >= 15 is 0 Å². The molecule has 0 atom stereocenters. The Balaban J connectivity index is 1.45. The topological polar surface area (TPSA) is 77.2 Å². The number of aryl methyl sites for hydroxylation is 1. The highest BCUT2D eigenvalue weighted by molar-refractivity contribution is 5.93. The SMILES string of the molecule is Cn1cccc(C(=O)N2CCC(Cn3cnc4cc(F)ccc4c3=O)CC2)c1=O. The Kier molecular flexibility index (Phi) is 5.00. The van der Waals surface area contributed by atoms with Gasteiger partial charge in [-0.25, -0.2) is 9.37 Å². The summed E-state index contributed by atoms with van der Waals surface area (Å²) in [5.74, 6) is -0.460. The zero-order valence-corrected chi connectivity index (χ0v) is 16.0. The van der Waals surface area contributed by atoms with Crippen molar-refractivity contribution in [1.29, 1.82) is 0 Å². The molecule has 0 saturated carbocycles. The Hall–Kier alpha value is -3.29. The second-order valence-electron chi connectivity index (χ2n) is 7.44. The third-order valence-electron chi connectivity index (χ3n) is 5.50. The van der Waals surface area contributed by atoms with Crippen LogP contribution in [0.4, 0.5) is 4.39 Å². The molecule has 1 aliphatic rings. The lowest BCUT2D eigenvalue weighted by molar-refractivity contribution is 0.0680. The van der Waals surface area contributed by atoms with Crippen LogP contribution in [0, 0.1) is 11.7 Å². The molecular weight excluding hydrogens is 375 g/mol. The van der Waals surface area contributed by atoms with Crippen LogP contribution in [0.2, 0.25) is 0 Å². The molecule has 0 unspecified atom stereocenters. The van der Waals surface area contributed by atoms with Gasteiger partial charge in [0.2, 0.25) is 0 Å². The van der Waals surface area contributed by atoms with Crippen LogP contribution in [0.15, 0.2) is 52.4 Å². The Labute approximate surface area is 166 Å². The van der Waals surface area contributed by atoms with Crippen molar-refractivity contribution in [3.63, 3.8) is 0 Å². The van der Waals surface area contributed by atoms with Crippen LogP contribution in [-0.4, -0.2) is 38.0 Å². The fourth-order valence-corrected chi connectivity index (χ4v) is 3.79. The molecule has 1 aromatic carbocycles. The van der Waals surface area contributed by atoms with E-state index in [0.29, 0.717) is 30.5 Å². The van der Waals surface area contributed by atoms with Crippen LogP contribution in [0.3, 0.4) is 0 Å². The highest BCUT2D eigenvalue weighted by Crippen LogP contribution is 2.20. The van der Waals surface area contributed by atoms with Crippen molar-refractivity contribution in [2.75, 3.05) is 13.1 Å². The maximum Gasteiger partial charge on any atom is 0.263 e. The smallest absolute Gasteiger partial charge is 0.263 e. The number of carbonyl (C=O) groups is 1. The lowest BCUT2D eigenvalue weighted by Gasteiger charge is -2.32. The van der Waals surface area contributed by atoms with Crippen LogP contribution in [0.25, 0.3) is 10.9 Å². The standard InChI is InChI=1S/C21H21FN4O3/c1-24-8-2-3-17(19(24)27)21(29)25-9-6-14(7-10-25)12-26-13-23-18-11-15(22)4-5-16(18)20(26)28/h2-5,8,11,13-14H,6-7,9-10,12H2,1H3. The molecule has 8 heteroatoms. The van der Waals surface area contributed by atoms with Crippen LogP contribution in [0.1, 0.15) is 23.2 Å². The number of likely N-dealkylation sites (tertiary alicyclic amines) is 1. The van der Waals surface area contributed by atoms with Crippen LogP contribution >= 0.6 is 0 Å². The summed E-state index contributed by atoms with van der Waals surface area (Å²) < 4.78 is 16.3. The second kappa shape index (κ2) is 7.62. The lowest BCUT2D eigenvalue weighted by Crippen LogP contribution is -2.42. The molecule has 3 aromatic rings. The van der Waals surface area contributed by atoms with Gasteiger partial charge in [0.05, 0.1) is 17.2 Å². The number of fused-ring (bicyclic) bond motifs is 1. The number of amides is 1. The Morgan fingerprint density at radius 1 is 1.17 bits per heavy atom. The highest BCUT2D eigenvalue weighted by atomic mass is 19.1. The number of hydrogen-bond donors (Lipinski definition) is 0. The number of carbonyl (C=O) groups excluding carboxylic acids is 1. The summed E-state index contributed by atoms with van der Waals surface area (Å²) in [6, 6.07) is 7.21. The minimum absolute atomic E-state index is 0.177. The van der Waals surface area contributed by atoms with E-state index in [1.165, 1.54) is 29.1 Å². The van der Waals surface area contributed by atoms with Crippen molar-refractivity contribution in [2.24, 2.45) is 13.0 Å². The number of halogens is 1. The van der Waals surface area contributed by atoms with E-state index in [9.17, 15) is 18.8 Å². The number of benzene rings is 1. The molecule has 150 valence electrons. The van der Waals surface area contributed by atoms with E-state index in [1.807, 2.05) is 0 Å². The van der Waals surface area contributed by atoms with Crippen molar-refractivity contribution in [2.45, 2.75) is 19.4 Å². The maximum absolute atomic E-state index is 13.3. The third-order valence-corrected chi connectivity index (χ3v) is 5.50. The Bertz CT molecular complexity index is 1190. The molecule has 2 aromatic heterocycles. The molecule has 1 amide bonds. The second-order valence-corrected chi connectivity index (χ2v) is 7.44. The van der Waals surface area contributed by atoms with E-state index in [4.69, 9.17) is 0 Å². The van der Waals surface area contributed by atoms with Crippen LogP contribution in [0.5, 0.6) is 0 Å². The molecule has 1 aliphatic heterocycles. The molecule has 0 aliphatic carbocycles. The van der Waals surface area contributed by atoms with Gasteiger partial charge in [0.15, 0.2) is 0 Å². The molecule has 0 spiro atoms. The molecule has 29 heavy (non-hydrogen) atoms. The number of rotatable bonds is 3. The quantitative estimate of drug-likeness (QED) is 0.676. The van der Waals surface area contributed by atoms with Crippen molar-refractivity contribution in [3.8, 4) is 0 Å². The number of nitrogens with zero attached hydrogens (tertiary/aromatic N) is 4. The van der Waals surface area contributed by atoms with Gasteiger partial charge in [0.25, 0.3) is 17.0 Å². The summed E-state index contributed by atoms with van der Waals surface area (Å²) in [5, 5.41) is 0.390. The molecule has 0 radical (unpaired) electrons. The largest absolute Gasteiger partial charge is 0.338 e. The Morgan fingerprint density at radius 3 is 2.69 bits per heavy atom. The zero-order chi connectivity index (χ0) is 20.5. The van der Waals surface area contributed by atoms with Crippen molar-refractivity contribution < 1.29 is 9.18 Å². The average molecular weight is 396 g/mol. The van der Waals surface area contributed by atoms with Crippen molar-refractivity contribution in [3.05, 3.63) is 74.9 Å². The van der Waals surface area contributed by atoms with Crippen LogP contribution in [-0.2, 0) is 13.6 Å². The molecule has 1 saturated heterocycles. The van der Waals surface area contributed by atoms with E-state index in [2.05, 4.69) is 4.98 Å². The minimum atomic E-state index is -0.424. The summed E-state index contributed by atoms with van der Waals surface area (Å²) in [5.41, 5.74) is 0.0258. The van der Waals surface area contributed by atoms with Gasteiger partial charge in [-0.3, -0.25) is 19.0 Å². The molecule has 4 rings (SSSR count). The van der Waals surface area contributed by atoms with Gasteiger partial charge in [-0.2, -0.15) is 0 Å². The predicted molar refractivity (Wildman–Crippen MR) is 106 cm³/mol. The predicted octanol–water partition coefficient (Wildman–Crippen LogP) is 1.79. The van der Waals surface area contributed by atoms with Gasteiger partial charge in [-0.1, -0.05) is 0 Å². The number of piperidine rings is 1. The number of aromatic nitrogens is 3. The van der Waals surface area contributed by atoms with Gasteiger partial charge < -0.3 is 9.47 Å². The normalized spacial score (nSPS) is 15.0. The van der Waals surface area contributed by atoms with E-state index in [0.717, 1.165) is 12.8 Å². The van der Waals surface area contributed by atoms with E-state index in [1.54, 1.807) is 34.8 Å². The van der Waals surface area contributed by atoms with E-state index in [-0.39, 0.29) is 28.5 Å². The fourth-order valence-electron chi connectivity index (χ4n) is 3.79. The summed E-state index contributed by atoms with van der Waals surface area (Å²) in [6.45, 7) is 1.55. The Morgan fingerprint density at radius 2 is 1.93 bits per heavy atom. The van der Waals surface area contributed by atoms with Gasteiger partial charge in [-0.05, 0) is 43.0 Å². The molecular formula is C21H21FN4O3. The summed E-state index contributed by atoms with van der Waals surface area (Å²) in [7, 11) is 1.62. The molecule has 7 nitrogen and oxygen atoms in total. The van der Waals surface area contributed by atoms with Gasteiger partial charge in [-0.15, -0.1) is 0 Å². The third kappa shape index (κ3) is 3.70. The van der Waals surface area contributed by atoms with Crippen molar-refractivity contribution >= 4 is 16.8 Å². The first-order valence-electron chi connectivity index (χ1n) is 9.53. The van der Waals surface area contributed by atoms with Gasteiger partial charge in [0.1, 0.15) is 11.4 Å². The maximum atomic E-state index is 13.3.